The zero-order valence-corrected chi connectivity index (χ0v) is 19.2. The predicted octanol–water partition coefficient (Wildman–Crippen LogP) is 4.77. The van der Waals surface area contributed by atoms with E-state index < -0.39 is 16.7 Å². The van der Waals surface area contributed by atoms with Gasteiger partial charge in [0.25, 0.3) is 17.5 Å². The third-order valence-corrected chi connectivity index (χ3v) is 5.20. The largest absolute Gasteiger partial charge is 0.355 e. The fourth-order valence-electron chi connectivity index (χ4n) is 2.88. The van der Waals surface area contributed by atoms with Crippen molar-refractivity contribution in [2.75, 3.05) is 12.4 Å². The molecule has 12 heteroatoms. The Labute approximate surface area is 194 Å². The first-order valence-corrected chi connectivity index (χ1v) is 10.2. The maximum atomic E-state index is 13.1. The molecular formula is C19H14BrCl2N5O4. The molecule has 0 radical (unpaired) electrons. The van der Waals surface area contributed by atoms with E-state index in [0.717, 1.165) is 0 Å². The van der Waals surface area contributed by atoms with E-state index >= 15 is 0 Å². The normalized spacial score (nSPS) is 10.6. The fourth-order valence-corrected chi connectivity index (χ4v) is 3.78. The molecule has 2 aromatic carbocycles. The number of aryl methyl sites for hydroxylation is 1. The molecule has 31 heavy (non-hydrogen) atoms. The number of carbonyl (C=O) groups is 2. The first-order valence-electron chi connectivity index (χ1n) is 8.65. The lowest BCUT2D eigenvalue weighted by molar-refractivity contribution is -0.384. The number of non-ortho nitro benzene ring substituents is 1. The molecule has 3 rings (SSSR count). The Kier molecular flexibility index (Phi) is 6.63. The minimum atomic E-state index is -0.580. The average Bonchev–Trinajstić information content (AvgIpc) is 3.10. The van der Waals surface area contributed by atoms with Crippen molar-refractivity contribution in [1.29, 1.82) is 0 Å². The molecule has 0 unspecified atom stereocenters. The van der Waals surface area contributed by atoms with Crippen LogP contribution in [0.3, 0.4) is 0 Å². The minimum absolute atomic E-state index is 0.0348. The molecule has 0 bridgehead atoms. The monoisotopic (exact) mass is 525 g/mol. The molecule has 0 saturated carbocycles. The summed E-state index contributed by atoms with van der Waals surface area (Å²) >= 11 is 15.5. The molecular weight excluding hydrogens is 513 g/mol. The molecule has 3 aromatic rings. The number of anilines is 1. The fraction of sp³-hybridized carbons (Fsp3) is 0.105. The molecule has 160 valence electrons. The number of carbonyl (C=O) groups excluding carboxylic acids is 2. The van der Waals surface area contributed by atoms with Crippen LogP contribution in [-0.4, -0.2) is 33.6 Å². The second-order valence-electron chi connectivity index (χ2n) is 6.34. The number of nitrogens with one attached hydrogen (secondary N) is 2. The van der Waals surface area contributed by atoms with Gasteiger partial charge in [-0.05, 0) is 46.6 Å². The number of nitro benzene ring substituents is 1. The summed E-state index contributed by atoms with van der Waals surface area (Å²) in [6, 6.07) is 8.33. The van der Waals surface area contributed by atoms with Crippen LogP contribution >= 0.6 is 39.1 Å². The van der Waals surface area contributed by atoms with Gasteiger partial charge in [-0.25, -0.2) is 4.68 Å². The minimum Gasteiger partial charge on any atom is -0.355 e. The van der Waals surface area contributed by atoms with Crippen LogP contribution in [0.4, 0.5) is 11.4 Å². The van der Waals surface area contributed by atoms with Crippen molar-refractivity contribution in [2.24, 2.45) is 0 Å². The van der Waals surface area contributed by atoms with Gasteiger partial charge in [0, 0.05) is 30.3 Å². The lowest BCUT2D eigenvalue weighted by Gasteiger charge is -2.15. The summed E-state index contributed by atoms with van der Waals surface area (Å²) in [5.41, 5.74) is 1.21. The third kappa shape index (κ3) is 4.71. The number of rotatable bonds is 5. The molecule has 0 aliphatic heterocycles. The van der Waals surface area contributed by atoms with E-state index in [9.17, 15) is 19.7 Å². The van der Waals surface area contributed by atoms with Crippen LogP contribution in [0.1, 0.15) is 26.4 Å². The van der Waals surface area contributed by atoms with Crippen LogP contribution in [0.2, 0.25) is 10.0 Å². The van der Waals surface area contributed by atoms with Crippen LogP contribution in [0.15, 0.2) is 41.0 Å². The Morgan fingerprint density at radius 2 is 1.87 bits per heavy atom. The first kappa shape index (κ1) is 22.7. The maximum Gasteiger partial charge on any atom is 0.274 e. The Morgan fingerprint density at radius 3 is 2.48 bits per heavy atom. The summed E-state index contributed by atoms with van der Waals surface area (Å²) in [6.07, 6.45) is 0. The topological polar surface area (TPSA) is 119 Å². The van der Waals surface area contributed by atoms with Gasteiger partial charge >= 0.3 is 0 Å². The molecule has 0 saturated heterocycles. The van der Waals surface area contributed by atoms with Crippen molar-refractivity contribution < 1.29 is 14.5 Å². The highest BCUT2D eigenvalue weighted by Crippen LogP contribution is 2.29. The van der Waals surface area contributed by atoms with Gasteiger partial charge in [-0.3, -0.25) is 19.7 Å². The molecule has 0 aliphatic rings. The van der Waals surface area contributed by atoms with E-state index in [2.05, 4.69) is 31.7 Å². The second-order valence-corrected chi connectivity index (χ2v) is 7.99. The van der Waals surface area contributed by atoms with E-state index in [1.54, 1.807) is 13.0 Å². The third-order valence-electron chi connectivity index (χ3n) is 4.29. The molecule has 1 aromatic heterocycles. The van der Waals surface area contributed by atoms with E-state index in [4.69, 9.17) is 23.2 Å². The van der Waals surface area contributed by atoms with Crippen molar-refractivity contribution in [2.45, 2.75) is 6.92 Å². The lowest BCUT2D eigenvalue weighted by atomic mass is 10.1. The highest BCUT2D eigenvalue weighted by atomic mass is 79.9. The van der Waals surface area contributed by atoms with Gasteiger partial charge in [0.2, 0.25) is 0 Å². The number of nitro groups is 1. The number of nitrogens with zero attached hydrogens (tertiary/aromatic N) is 3. The summed E-state index contributed by atoms with van der Waals surface area (Å²) in [5, 5.41) is 20.8. The maximum absolute atomic E-state index is 13.1. The lowest BCUT2D eigenvalue weighted by Crippen LogP contribution is -2.23. The molecule has 0 spiro atoms. The van der Waals surface area contributed by atoms with Crippen LogP contribution in [0.25, 0.3) is 5.69 Å². The van der Waals surface area contributed by atoms with Gasteiger partial charge in [-0.1, -0.05) is 23.2 Å². The number of aromatic nitrogens is 2. The van der Waals surface area contributed by atoms with Crippen LogP contribution in [-0.2, 0) is 0 Å². The number of halogens is 3. The van der Waals surface area contributed by atoms with Crippen molar-refractivity contribution in [3.05, 3.63) is 78.0 Å². The number of hydrogen-bond donors (Lipinski definition) is 2. The van der Waals surface area contributed by atoms with Crippen molar-refractivity contribution in [1.82, 2.24) is 15.1 Å². The van der Waals surface area contributed by atoms with Gasteiger partial charge < -0.3 is 10.6 Å². The van der Waals surface area contributed by atoms with Gasteiger partial charge in [-0.15, -0.1) is 0 Å². The van der Waals surface area contributed by atoms with Crippen molar-refractivity contribution >= 4 is 62.3 Å². The molecule has 0 aliphatic carbocycles. The zero-order valence-electron chi connectivity index (χ0n) is 16.1. The molecule has 2 N–H and O–H groups in total. The molecule has 0 fully saturated rings. The summed E-state index contributed by atoms with van der Waals surface area (Å²) in [6.45, 7) is 1.70. The standard InChI is InChI=1S/C19H14BrCl2N5O4/c1-9-5-10(21)6-12(18(28)23-2)17(9)24-19(29)15-8-16(20)25-26(15)14-4-3-11(27(30)31)7-13(14)22/h3-8H,1-2H3,(H,23,28)(H,24,29). The summed E-state index contributed by atoms with van der Waals surface area (Å²) in [7, 11) is 1.47. The highest BCUT2D eigenvalue weighted by Gasteiger charge is 2.22. The van der Waals surface area contributed by atoms with E-state index in [0.29, 0.717) is 15.2 Å². The summed E-state index contributed by atoms with van der Waals surface area (Å²) in [4.78, 5) is 35.7. The van der Waals surface area contributed by atoms with Crippen LogP contribution in [0, 0.1) is 17.0 Å². The van der Waals surface area contributed by atoms with Gasteiger partial charge in [-0.2, -0.15) is 5.10 Å². The SMILES string of the molecule is CNC(=O)c1cc(Cl)cc(C)c1NC(=O)c1cc(Br)nn1-c1ccc([N+](=O)[O-])cc1Cl. The van der Waals surface area contributed by atoms with E-state index in [1.807, 2.05) is 0 Å². The molecule has 9 nitrogen and oxygen atoms in total. The summed E-state index contributed by atoms with van der Waals surface area (Å²) < 4.78 is 1.59. The molecule has 1 heterocycles. The summed E-state index contributed by atoms with van der Waals surface area (Å²) in [5.74, 6) is -1.00. The Balaban J connectivity index is 2.05. The Morgan fingerprint density at radius 1 is 1.16 bits per heavy atom. The van der Waals surface area contributed by atoms with Gasteiger partial charge in [0.15, 0.2) is 0 Å². The van der Waals surface area contributed by atoms with Crippen LogP contribution < -0.4 is 10.6 Å². The number of hydrogen-bond acceptors (Lipinski definition) is 5. The van der Waals surface area contributed by atoms with Gasteiger partial charge in [0.05, 0.1) is 26.9 Å². The quantitative estimate of drug-likeness (QED) is 0.366. The second kappa shape index (κ2) is 9.04. The highest BCUT2D eigenvalue weighted by molar-refractivity contribution is 9.10. The van der Waals surface area contributed by atoms with Crippen molar-refractivity contribution in [3.63, 3.8) is 0 Å². The Bertz CT molecular complexity index is 1230. The average molecular weight is 527 g/mol. The predicted molar refractivity (Wildman–Crippen MR) is 120 cm³/mol. The van der Waals surface area contributed by atoms with Gasteiger partial charge in [0.1, 0.15) is 10.3 Å². The molecule has 0 atom stereocenters. The van der Waals surface area contributed by atoms with Crippen LogP contribution in [0.5, 0.6) is 0 Å². The van der Waals surface area contributed by atoms with E-state index in [-0.39, 0.29) is 33.3 Å². The number of benzene rings is 2. The zero-order chi connectivity index (χ0) is 22.9. The van der Waals surface area contributed by atoms with Crippen molar-refractivity contribution in [3.8, 4) is 5.69 Å². The molecule has 2 amide bonds. The first-order chi connectivity index (χ1) is 14.6. The smallest absolute Gasteiger partial charge is 0.274 e. The number of amides is 2. The van der Waals surface area contributed by atoms with E-state index in [1.165, 1.54) is 42.1 Å². The Hall–Kier alpha value is -2.95.